The summed E-state index contributed by atoms with van der Waals surface area (Å²) in [5.41, 5.74) is 1.53. The molecule has 1 aromatic carbocycles. The molecule has 7 heteroatoms. The van der Waals surface area contributed by atoms with E-state index in [9.17, 15) is 18.7 Å². The summed E-state index contributed by atoms with van der Waals surface area (Å²) >= 11 is 0. The fourth-order valence-corrected chi connectivity index (χ4v) is 3.07. The van der Waals surface area contributed by atoms with Crippen LogP contribution in [0.25, 0.3) is 5.69 Å². The van der Waals surface area contributed by atoms with Crippen LogP contribution in [0.3, 0.4) is 0 Å². The SMILES string of the molecule is Cc1nn(-c2ccc(F)cc2F)c(C)c1C(=O)N1CCC(O)CC1. The first-order valence-electron chi connectivity index (χ1n) is 7.87. The van der Waals surface area contributed by atoms with E-state index in [4.69, 9.17) is 0 Å². The highest BCUT2D eigenvalue weighted by atomic mass is 19.1. The minimum atomic E-state index is -0.735. The van der Waals surface area contributed by atoms with E-state index in [0.29, 0.717) is 42.9 Å². The molecule has 1 N–H and O–H groups in total. The maximum atomic E-state index is 14.0. The van der Waals surface area contributed by atoms with Crippen LogP contribution in [-0.4, -0.2) is 44.9 Å². The number of hydrogen-bond acceptors (Lipinski definition) is 3. The molecule has 2 aromatic rings. The summed E-state index contributed by atoms with van der Waals surface area (Å²) in [4.78, 5) is 14.4. The van der Waals surface area contributed by atoms with E-state index >= 15 is 0 Å². The van der Waals surface area contributed by atoms with Gasteiger partial charge in [-0.15, -0.1) is 0 Å². The molecule has 1 aromatic heterocycles. The number of aliphatic hydroxyl groups is 1. The van der Waals surface area contributed by atoms with E-state index in [2.05, 4.69) is 5.10 Å². The number of nitrogens with zero attached hydrogens (tertiary/aromatic N) is 3. The van der Waals surface area contributed by atoms with Gasteiger partial charge >= 0.3 is 0 Å². The van der Waals surface area contributed by atoms with Crippen molar-refractivity contribution in [3.8, 4) is 5.69 Å². The van der Waals surface area contributed by atoms with Crippen LogP contribution in [0.15, 0.2) is 18.2 Å². The highest BCUT2D eigenvalue weighted by Gasteiger charge is 2.27. The molecule has 128 valence electrons. The van der Waals surface area contributed by atoms with Gasteiger partial charge in [0, 0.05) is 19.2 Å². The zero-order valence-corrected chi connectivity index (χ0v) is 13.6. The highest BCUT2D eigenvalue weighted by molar-refractivity contribution is 5.96. The second kappa shape index (κ2) is 6.32. The number of carbonyl (C=O) groups is 1. The molecule has 1 saturated heterocycles. The number of rotatable bonds is 2. The van der Waals surface area contributed by atoms with Gasteiger partial charge in [-0.1, -0.05) is 0 Å². The van der Waals surface area contributed by atoms with E-state index in [0.717, 1.165) is 12.1 Å². The number of benzene rings is 1. The van der Waals surface area contributed by atoms with Crippen LogP contribution >= 0.6 is 0 Å². The lowest BCUT2D eigenvalue weighted by Crippen LogP contribution is -2.40. The average molecular weight is 335 g/mol. The summed E-state index contributed by atoms with van der Waals surface area (Å²) < 4.78 is 28.5. The lowest BCUT2D eigenvalue weighted by atomic mass is 10.1. The molecule has 0 spiro atoms. The lowest BCUT2D eigenvalue weighted by molar-refractivity contribution is 0.0545. The molecule has 0 saturated carbocycles. The fraction of sp³-hybridized carbons (Fsp3) is 0.412. The van der Waals surface area contributed by atoms with Gasteiger partial charge in [0.25, 0.3) is 5.91 Å². The first-order chi connectivity index (χ1) is 11.4. The van der Waals surface area contributed by atoms with Crippen molar-refractivity contribution in [1.82, 2.24) is 14.7 Å². The fourth-order valence-electron chi connectivity index (χ4n) is 3.07. The largest absolute Gasteiger partial charge is 0.393 e. The van der Waals surface area contributed by atoms with Crippen molar-refractivity contribution in [1.29, 1.82) is 0 Å². The van der Waals surface area contributed by atoms with Crippen LogP contribution in [0.5, 0.6) is 0 Å². The van der Waals surface area contributed by atoms with Crippen LogP contribution in [0.4, 0.5) is 8.78 Å². The van der Waals surface area contributed by atoms with E-state index in [1.165, 1.54) is 10.7 Å². The van der Waals surface area contributed by atoms with Gasteiger partial charge in [0.05, 0.1) is 23.1 Å². The third-order valence-electron chi connectivity index (χ3n) is 4.39. The van der Waals surface area contributed by atoms with Gasteiger partial charge in [-0.2, -0.15) is 5.10 Å². The third kappa shape index (κ3) is 2.91. The van der Waals surface area contributed by atoms with Crippen LogP contribution in [0, 0.1) is 25.5 Å². The minimum Gasteiger partial charge on any atom is -0.393 e. The Hall–Kier alpha value is -2.28. The topological polar surface area (TPSA) is 58.4 Å². The summed E-state index contributed by atoms with van der Waals surface area (Å²) in [6.07, 6.45) is 0.724. The van der Waals surface area contributed by atoms with Crippen LogP contribution in [0.1, 0.15) is 34.6 Å². The molecule has 2 heterocycles. The molecule has 1 aliphatic heterocycles. The lowest BCUT2D eigenvalue weighted by Gasteiger charge is -2.29. The number of carbonyl (C=O) groups excluding carboxylic acids is 1. The summed E-state index contributed by atoms with van der Waals surface area (Å²) in [5.74, 6) is -1.58. The van der Waals surface area contributed by atoms with Crippen LogP contribution in [0.2, 0.25) is 0 Å². The Bertz CT molecular complexity index is 780. The quantitative estimate of drug-likeness (QED) is 0.917. The number of hydrogen-bond donors (Lipinski definition) is 1. The molecular formula is C17H19F2N3O2. The van der Waals surface area contributed by atoms with E-state index in [-0.39, 0.29) is 17.7 Å². The number of aryl methyl sites for hydroxylation is 1. The Balaban J connectivity index is 1.96. The van der Waals surface area contributed by atoms with E-state index in [1.807, 2.05) is 0 Å². The molecule has 1 aliphatic rings. The molecule has 0 unspecified atom stereocenters. The van der Waals surface area contributed by atoms with Crippen molar-refractivity contribution in [2.24, 2.45) is 0 Å². The highest BCUT2D eigenvalue weighted by Crippen LogP contribution is 2.23. The van der Waals surface area contributed by atoms with Crippen molar-refractivity contribution in [2.75, 3.05) is 13.1 Å². The Morgan fingerprint density at radius 1 is 1.25 bits per heavy atom. The molecule has 0 atom stereocenters. The van der Waals surface area contributed by atoms with Crippen molar-refractivity contribution < 1.29 is 18.7 Å². The maximum absolute atomic E-state index is 14.0. The smallest absolute Gasteiger partial charge is 0.257 e. The van der Waals surface area contributed by atoms with Gasteiger partial charge in [-0.25, -0.2) is 13.5 Å². The van der Waals surface area contributed by atoms with Gasteiger partial charge < -0.3 is 10.0 Å². The van der Waals surface area contributed by atoms with Gasteiger partial charge in [-0.3, -0.25) is 4.79 Å². The van der Waals surface area contributed by atoms with Gasteiger partial charge in [0.15, 0.2) is 5.82 Å². The summed E-state index contributed by atoms with van der Waals surface area (Å²) in [6.45, 7) is 4.34. The normalized spacial score (nSPS) is 15.8. The van der Waals surface area contributed by atoms with Crippen LogP contribution in [-0.2, 0) is 0 Å². The van der Waals surface area contributed by atoms with E-state index < -0.39 is 11.6 Å². The number of aliphatic hydroxyl groups excluding tert-OH is 1. The number of aromatic nitrogens is 2. The molecule has 0 bridgehead atoms. The molecule has 3 rings (SSSR count). The van der Waals surface area contributed by atoms with Gasteiger partial charge in [-0.05, 0) is 38.8 Å². The number of amides is 1. The minimum absolute atomic E-state index is 0.102. The molecular weight excluding hydrogens is 316 g/mol. The molecule has 5 nitrogen and oxygen atoms in total. The van der Waals surface area contributed by atoms with Crippen molar-refractivity contribution in [3.05, 3.63) is 46.8 Å². The number of likely N-dealkylation sites (tertiary alicyclic amines) is 1. The Kier molecular flexibility index (Phi) is 4.36. The molecule has 0 aliphatic carbocycles. The molecule has 1 fully saturated rings. The number of piperidine rings is 1. The van der Waals surface area contributed by atoms with Crippen molar-refractivity contribution in [3.63, 3.8) is 0 Å². The Labute approximate surface area is 138 Å². The third-order valence-corrected chi connectivity index (χ3v) is 4.39. The van der Waals surface area contributed by atoms with Crippen molar-refractivity contribution >= 4 is 5.91 Å². The summed E-state index contributed by atoms with van der Waals surface area (Å²) in [5, 5.41) is 13.8. The average Bonchev–Trinajstić information content (AvgIpc) is 2.82. The second-order valence-electron chi connectivity index (χ2n) is 6.08. The standard InChI is InChI=1S/C17H19F2N3O2/c1-10-16(17(24)21-7-5-13(23)6-8-21)11(2)22(20-10)15-4-3-12(18)9-14(15)19/h3-4,9,13,23H,5-8H2,1-2H3. The van der Waals surface area contributed by atoms with E-state index in [1.54, 1.807) is 18.7 Å². The Morgan fingerprint density at radius 2 is 1.92 bits per heavy atom. The molecule has 1 amide bonds. The van der Waals surface area contributed by atoms with Gasteiger partial charge in [0.2, 0.25) is 0 Å². The zero-order valence-electron chi connectivity index (χ0n) is 13.6. The molecule has 0 radical (unpaired) electrons. The summed E-state index contributed by atoms with van der Waals surface area (Å²) in [6, 6.07) is 3.25. The summed E-state index contributed by atoms with van der Waals surface area (Å²) in [7, 11) is 0. The zero-order chi connectivity index (χ0) is 17.4. The predicted molar refractivity (Wildman–Crippen MR) is 84.1 cm³/mol. The Morgan fingerprint density at radius 3 is 2.54 bits per heavy atom. The van der Waals surface area contributed by atoms with Crippen LogP contribution < -0.4 is 0 Å². The maximum Gasteiger partial charge on any atom is 0.257 e. The monoisotopic (exact) mass is 335 g/mol. The van der Waals surface area contributed by atoms with Crippen molar-refractivity contribution in [2.45, 2.75) is 32.8 Å². The second-order valence-corrected chi connectivity index (χ2v) is 6.08. The van der Waals surface area contributed by atoms with Gasteiger partial charge in [0.1, 0.15) is 11.5 Å². The predicted octanol–water partition coefficient (Wildman–Crippen LogP) is 2.36. The first-order valence-corrected chi connectivity index (χ1v) is 7.87. The number of halogens is 2. The first kappa shape index (κ1) is 16.6. The molecule has 24 heavy (non-hydrogen) atoms.